The lowest BCUT2D eigenvalue weighted by Crippen LogP contribution is -2.24. The maximum absolute atomic E-state index is 13.6. The molecular weight excluding hydrogens is 335 g/mol. The molecule has 3 N–H and O–H groups in total. The standard InChI is InChI=1S/C16H24BrFN2O/c17-14-9-8-13(15(18)12-14)6-5-11-20-16(21)7-3-1-2-4-10-19/h8-9,12H,1-7,10-11,19H2,(H,20,21). The second-order valence-corrected chi connectivity index (χ2v) is 6.06. The molecule has 1 amide bonds. The normalized spacial score (nSPS) is 10.6. The maximum atomic E-state index is 13.6. The number of benzene rings is 1. The van der Waals surface area contributed by atoms with Gasteiger partial charge >= 0.3 is 0 Å². The fourth-order valence-electron chi connectivity index (χ4n) is 2.10. The molecule has 0 saturated carbocycles. The van der Waals surface area contributed by atoms with Gasteiger partial charge in [-0.15, -0.1) is 0 Å². The van der Waals surface area contributed by atoms with Crippen LogP contribution in [0.4, 0.5) is 4.39 Å². The number of rotatable bonds is 10. The van der Waals surface area contributed by atoms with Gasteiger partial charge in [0.2, 0.25) is 5.91 Å². The predicted molar refractivity (Wildman–Crippen MR) is 87.6 cm³/mol. The molecular formula is C16H24BrFN2O. The number of carbonyl (C=O) groups excluding carboxylic acids is 1. The fourth-order valence-corrected chi connectivity index (χ4v) is 2.44. The average Bonchev–Trinajstić information content (AvgIpc) is 2.45. The van der Waals surface area contributed by atoms with E-state index in [0.29, 0.717) is 24.9 Å². The van der Waals surface area contributed by atoms with Crippen LogP contribution in [-0.4, -0.2) is 19.0 Å². The molecule has 1 aromatic rings. The summed E-state index contributed by atoms with van der Waals surface area (Å²) in [6.07, 6.45) is 6.03. The van der Waals surface area contributed by atoms with Crippen molar-refractivity contribution in [3.05, 3.63) is 34.1 Å². The molecule has 1 rings (SSSR count). The molecule has 0 radical (unpaired) electrons. The Morgan fingerprint density at radius 2 is 1.95 bits per heavy atom. The van der Waals surface area contributed by atoms with Gasteiger partial charge in [0.05, 0.1) is 0 Å². The number of halogens is 2. The zero-order valence-electron chi connectivity index (χ0n) is 12.3. The van der Waals surface area contributed by atoms with E-state index in [1.165, 1.54) is 6.07 Å². The summed E-state index contributed by atoms with van der Waals surface area (Å²) in [6, 6.07) is 5.08. The molecule has 0 saturated heterocycles. The summed E-state index contributed by atoms with van der Waals surface area (Å²) in [5, 5.41) is 2.88. The molecule has 0 bridgehead atoms. The van der Waals surface area contributed by atoms with Crippen LogP contribution in [0.1, 0.15) is 44.1 Å². The van der Waals surface area contributed by atoms with Crippen LogP contribution in [0.15, 0.2) is 22.7 Å². The molecule has 0 heterocycles. The number of nitrogens with one attached hydrogen (secondary N) is 1. The van der Waals surface area contributed by atoms with E-state index < -0.39 is 0 Å². The van der Waals surface area contributed by atoms with Crippen LogP contribution in [0.3, 0.4) is 0 Å². The molecule has 0 atom stereocenters. The third-order valence-corrected chi connectivity index (χ3v) is 3.81. The van der Waals surface area contributed by atoms with E-state index in [1.807, 2.05) is 6.07 Å². The monoisotopic (exact) mass is 358 g/mol. The average molecular weight is 359 g/mol. The Labute approximate surface area is 134 Å². The Bertz CT molecular complexity index is 440. The van der Waals surface area contributed by atoms with Gasteiger partial charge < -0.3 is 11.1 Å². The highest BCUT2D eigenvalue weighted by Gasteiger charge is 2.04. The summed E-state index contributed by atoms with van der Waals surface area (Å²) in [4.78, 5) is 11.6. The Morgan fingerprint density at radius 1 is 1.19 bits per heavy atom. The topological polar surface area (TPSA) is 55.1 Å². The second kappa shape index (κ2) is 10.7. The van der Waals surface area contributed by atoms with Crippen LogP contribution >= 0.6 is 15.9 Å². The summed E-state index contributed by atoms with van der Waals surface area (Å²) < 4.78 is 14.3. The summed E-state index contributed by atoms with van der Waals surface area (Å²) in [5.41, 5.74) is 6.10. The van der Waals surface area contributed by atoms with Gasteiger partial charge in [-0.05, 0) is 49.9 Å². The molecule has 118 valence electrons. The van der Waals surface area contributed by atoms with E-state index in [4.69, 9.17) is 5.73 Å². The lowest BCUT2D eigenvalue weighted by molar-refractivity contribution is -0.121. The predicted octanol–water partition coefficient (Wildman–Crippen LogP) is 3.55. The van der Waals surface area contributed by atoms with E-state index >= 15 is 0 Å². The molecule has 0 spiro atoms. The van der Waals surface area contributed by atoms with Gasteiger partial charge in [0.1, 0.15) is 5.82 Å². The lowest BCUT2D eigenvalue weighted by atomic mass is 10.1. The van der Waals surface area contributed by atoms with Crippen molar-refractivity contribution < 1.29 is 9.18 Å². The highest BCUT2D eigenvalue weighted by Crippen LogP contribution is 2.16. The summed E-state index contributed by atoms with van der Waals surface area (Å²) in [5.74, 6) is -0.116. The van der Waals surface area contributed by atoms with E-state index in [0.717, 1.165) is 43.1 Å². The minimum absolute atomic E-state index is 0.0824. The zero-order chi connectivity index (χ0) is 15.5. The Hall–Kier alpha value is -0.940. The quantitative estimate of drug-likeness (QED) is 0.628. The van der Waals surface area contributed by atoms with Gasteiger partial charge in [0, 0.05) is 17.4 Å². The third kappa shape index (κ3) is 8.17. The molecule has 0 aliphatic heterocycles. The first-order valence-corrected chi connectivity index (χ1v) is 8.33. The molecule has 3 nitrogen and oxygen atoms in total. The van der Waals surface area contributed by atoms with E-state index in [1.54, 1.807) is 6.07 Å². The fraction of sp³-hybridized carbons (Fsp3) is 0.562. The zero-order valence-corrected chi connectivity index (χ0v) is 13.9. The summed E-state index contributed by atoms with van der Waals surface area (Å²) in [6.45, 7) is 1.32. The third-order valence-electron chi connectivity index (χ3n) is 3.32. The summed E-state index contributed by atoms with van der Waals surface area (Å²) in [7, 11) is 0. The molecule has 1 aromatic carbocycles. The second-order valence-electron chi connectivity index (χ2n) is 5.14. The van der Waals surface area contributed by atoms with Gasteiger partial charge in [0.15, 0.2) is 0 Å². The van der Waals surface area contributed by atoms with Crippen LogP contribution < -0.4 is 11.1 Å². The van der Waals surface area contributed by atoms with E-state index in [-0.39, 0.29) is 11.7 Å². The van der Waals surface area contributed by atoms with Crippen LogP contribution in [-0.2, 0) is 11.2 Å². The van der Waals surface area contributed by atoms with Gasteiger partial charge in [-0.3, -0.25) is 4.79 Å². The number of hydrogen-bond acceptors (Lipinski definition) is 2. The Balaban J connectivity index is 2.09. The number of nitrogens with two attached hydrogens (primary N) is 1. The largest absolute Gasteiger partial charge is 0.356 e. The van der Waals surface area contributed by atoms with Crippen molar-refractivity contribution in [3.63, 3.8) is 0 Å². The van der Waals surface area contributed by atoms with Crippen LogP contribution in [0.5, 0.6) is 0 Å². The van der Waals surface area contributed by atoms with Crippen molar-refractivity contribution in [2.45, 2.75) is 44.9 Å². The van der Waals surface area contributed by atoms with Gasteiger partial charge in [0.25, 0.3) is 0 Å². The number of unbranched alkanes of at least 4 members (excludes halogenated alkanes) is 3. The summed E-state index contributed by atoms with van der Waals surface area (Å²) >= 11 is 3.23. The number of aryl methyl sites for hydroxylation is 1. The number of carbonyl (C=O) groups is 1. The van der Waals surface area contributed by atoms with Gasteiger partial charge in [-0.1, -0.05) is 34.8 Å². The lowest BCUT2D eigenvalue weighted by Gasteiger charge is -2.06. The molecule has 0 fully saturated rings. The van der Waals surface area contributed by atoms with Crippen molar-refractivity contribution in [3.8, 4) is 0 Å². The van der Waals surface area contributed by atoms with Gasteiger partial charge in [-0.25, -0.2) is 4.39 Å². The van der Waals surface area contributed by atoms with E-state index in [9.17, 15) is 9.18 Å². The van der Waals surface area contributed by atoms with Crippen molar-refractivity contribution in [2.75, 3.05) is 13.1 Å². The smallest absolute Gasteiger partial charge is 0.219 e. The minimum atomic E-state index is -0.199. The first kappa shape index (κ1) is 18.1. The first-order valence-electron chi connectivity index (χ1n) is 7.54. The van der Waals surface area contributed by atoms with Crippen molar-refractivity contribution in [1.29, 1.82) is 0 Å². The van der Waals surface area contributed by atoms with Crippen molar-refractivity contribution >= 4 is 21.8 Å². The van der Waals surface area contributed by atoms with Crippen molar-refractivity contribution in [2.24, 2.45) is 5.73 Å². The molecule has 0 aromatic heterocycles. The molecule has 21 heavy (non-hydrogen) atoms. The van der Waals surface area contributed by atoms with Crippen LogP contribution in [0.25, 0.3) is 0 Å². The van der Waals surface area contributed by atoms with Crippen molar-refractivity contribution in [1.82, 2.24) is 5.32 Å². The first-order chi connectivity index (χ1) is 10.1. The molecule has 0 aliphatic rings. The minimum Gasteiger partial charge on any atom is -0.356 e. The van der Waals surface area contributed by atoms with Crippen LogP contribution in [0.2, 0.25) is 0 Å². The van der Waals surface area contributed by atoms with Gasteiger partial charge in [-0.2, -0.15) is 0 Å². The highest BCUT2D eigenvalue weighted by molar-refractivity contribution is 9.10. The number of amides is 1. The van der Waals surface area contributed by atoms with E-state index in [2.05, 4.69) is 21.2 Å². The van der Waals surface area contributed by atoms with Crippen LogP contribution in [0, 0.1) is 5.82 Å². The maximum Gasteiger partial charge on any atom is 0.219 e. The molecule has 5 heteroatoms. The SMILES string of the molecule is NCCCCCCC(=O)NCCCc1ccc(Br)cc1F. The number of hydrogen-bond donors (Lipinski definition) is 2. The molecule has 0 unspecified atom stereocenters. The molecule has 0 aliphatic carbocycles. The highest BCUT2D eigenvalue weighted by atomic mass is 79.9. The Kier molecular flexibility index (Phi) is 9.26. The Morgan fingerprint density at radius 3 is 2.67 bits per heavy atom.